The minimum atomic E-state index is -0.276. The Morgan fingerprint density at radius 1 is 1.19 bits per heavy atom. The molecule has 5 heteroatoms. The number of amides is 1. The molecule has 0 aliphatic rings. The molecule has 2 aromatic rings. The number of benzene rings is 2. The second-order valence-corrected chi connectivity index (χ2v) is 6.92. The van der Waals surface area contributed by atoms with Crippen molar-refractivity contribution in [3.8, 4) is 0 Å². The van der Waals surface area contributed by atoms with E-state index in [0.29, 0.717) is 10.0 Å². The molecule has 0 heterocycles. The first-order chi connectivity index (χ1) is 9.95. The number of rotatable bonds is 4. The smallest absolute Gasteiger partial charge is 0.237 e. The Hall–Kier alpha value is -1.16. The lowest BCUT2D eigenvalue weighted by Crippen LogP contribution is -2.22. The first-order valence-electron chi connectivity index (χ1n) is 6.45. The molecule has 0 unspecified atom stereocenters. The molecule has 0 saturated carbocycles. The average Bonchev–Trinajstić information content (AvgIpc) is 2.43. The summed E-state index contributed by atoms with van der Waals surface area (Å²) in [5.74, 6) is -0.0679. The molecule has 2 aromatic carbocycles. The van der Waals surface area contributed by atoms with E-state index in [1.165, 1.54) is 11.8 Å². The SMILES string of the molecule is Cc1cccc(NC(=O)[C@H](C)Sc2cc(Cl)ccc2Cl)c1. The third-order valence-electron chi connectivity index (χ3n) is 2.85. The largest absolute Gasteiger partial charge is 0.325 e. The van der Waals surface area contributed by atoms with Gasteiger partial charge in [-0.3, -0.25) is 4.79 Å². The van der Waals surface area contributed by atoms with Crippen LogP contribution in [0, 0.1) is 6.92 Å². The Kier molecular flexibility index (Phi) is 5.57. The van der Waals surface area contributed by atoms with Gasteiger partial charge in [0.15, 0.2) is 0 Å². The summed E-state index contributed by atoms with van der Waals surface area (Å²) in [6.45, 7) is 3.83. The maximum Gasteiger partial charge on any atom is 0.237 e. The normalized spacial score (nSPS) is 12.0. The molecule has 0 aromatic heterocycles. The van der Waals surface area contributed by atoms with Gasteiger partial charge in [0.2, 0.25) is 5.91 Å². The van der Waals surface area contributed by atoms with Gasteiger partial charge in [0.25, 0.3) is 0 Å². The predicted octanol–water partition coefficient (Wildman–Crippen LogP) is 5.42. The Balaban J connectivity index is 2.04. The zero-order valence-electron chi connectivity index (χ0n) is 11.7. The van der Waals surface area contributed by atoms with Gasteiger partial charge in [0.05, 0.1) is 10.3 Å². The number of halogens is 2. The summed E-state index contributed by atoms with van der Waals surface area (Å²) in [5.41, 5.74) is 1.90. The van der Waals surface area contributed by atoms with Gasteiger partial charge in [-0.05, 0) is 49.7 Å². The lowest BCUT2D eigenvalue weighted by Gasteiger charge is -2.13. The average molecular weight is 340 g/mol. The topological polar surface area (TPSA) is 29.1 Å². The Morgan fingerprint density at radius 2 is 1.95 bits per heavy atom. The molecule has 21 heavy (non-hydrogen) atoms. The summed E-state index contributed by atoms with van der Waals surface area (Å²) in [5, 5.41) is 3.83. The number of hydrogen-bond donors (Lipinski definition) is 1. The van der Waals surface area contributed by atoms with Gasteiger partial charge in [0.1, 0.15) is 0 Å². The Bertz CT molecular complexity index is 660. The number of anilines is 1. The van der Waals surface area contributed by atoms with Crippen molar-refractivity contribution in [2.75, 3.05) is 5.32 Å². The summed E-state index contributed by atoms with van der Waals surface area (Å²) < 4.78 is 0. The maximum absolute atomic E-state index is 12.2. The summed E-state index contributed by atoms with van der Waals surface area (Å²) in [6.07, 6.45) is 0. The molecular formula is C16H15Cl2NOS. The highest BCUT2D eigenvalue weighted by molar-refractivity contribution is 8.00. The highest BCUT2D eigenvalue weighted by Gasteiger charge is 2.16. The summed E-state index contributed by atoms with van der Waals surface area (Å²) in [6, 6.07) is 12.9. The zero-order chi connectivity index (χ0) is 15.4. The van der Waals surface area contributed by atoms with E-state index in [1.54, 1.807) is 18.2 Å². The van der Waals surface area contributed by atoms with E-state index < -0.39 is 0 Å². The van der Waals surface area contributed by atoms with Crippen molar-refractivity contribution in [2.24, 2.45) is 0 Å². The van der Waals surface area contributed by atoms with Crippen LogP contribution in [0.4, 0.5) is 5.69 Å². The van der Waals surface area contributed by atoms with Gasteiger partial charge >= 0.3 is 0 Å². The monoisotopic (exact) mass is 339 g/mol. The molecule has 110 valence electrons. The highest BCUT2D eigenvalue weighted by atomic mass is 35.5. The zero-order valence-corrected chi connectivity index (χ0v) is 14.0. The van der Waals surface area contributed by atoms with Crippen LogP contribution < -0.4 is 5.32 Å². The lowest BCUT2D eigenvalue weighted by molar-refractivity contribution is -0.115. The molecule has 0 radical (unpaired) electrons. The summed E-state index contributed by atoms with van der Waals surface area (Å²) in [4.78, 5) is 13.0. The first-order valence-corrected chi connectivity index (χ1v) is 8.08. The third-order valence-corrected chi connectivity index (χ3v) is 4.69. The number of nitrogens with one attached hydrogen (secondary N) is 1. The third kappa shape index (κ3) is 4.67. The van der Waals surface area contributed by atoms with Gasteiger partial charge in [-0.15, -0.1) is 11.8 Å². The highest BCUT2D eigenvalue weighted by Crippen LogP contribution is 2.33. The van der Waals surface area contributed by atoms with Gasteiger partial charge < -0.3 is 5.32 Å². The van der Waals surface area contributed by atoms with Crippen LogP contribution in [-0.2, 0) is 4.79 Å². The van der Waals surface area contributed by atoms with Crippen LogP contribution in [0.25, 0.3) is 0 Å². The number of carbonyl (C=O) groups is 1. The van der Waals surface area contributed by atoms with Crippen molar-refractivity contribution in [2.45, 2.75) is 24.0 Å². The summed E-state index contributed by atoms with van der Waals surface area (Å²) >= 11 is 13.5. The number of hydrogen-bond acceptors (Lipinski definition) is 2. The summed E-state index contributed by atoms with van der Waals surface area (Å²) in [7, 11) is 0. The van der Waals surface area contributed by atoms with Crippen LogP contribution in [0.2, 0.25) is 10.0 Å². The van der Waals surface area contributed by atoms with E-state index in [9.17, 15) is 4.79 Å². The van der Waals surface area contributed by atoms with Crippen molar-refractivity contribution >= 4 is 46.6 Å². The molecular weight excluding hydrogens is 325 g/mol. The molecule has 2 rings (SSSR count). The molecule has 1 N–H and O–H groups in total. The quantitative estimate of drug-likeness (QED) is 0.753. The molecule has 0 bridgehead atoms. The van der Waals surface area contributed by atoms with E-state index in [-0.39, 0.29) is 11.2 Å². The second kappa shape index (κ2) is 7.21. The van der Waals surface area contributed by atoms with E-state index >= 15 is 0 Å². The number of thioether (sulfide) groups is 1. The van der Waals surface area contributed by atoms with Crippen molar-refractivity contribution < 1.29 is 4.79 Å². The van der Waals surface area contributed by atoms with Crippen LogP contribution in [0.3, 0.4) is 0 Å². The Morgan fingerprint density at radius 3 is 2.67 bits per heavy atom. The molecule has 0 spiro atoms. The van der Waals surface area contributed by atoms with Gasteiger partial charge in [0, 0.05) is 15.6 Å². The van der Waals surface area contributed by atoms with Crippen molar-refractivity contribution in [1.29, 1.82) is 0 Å². The van der Waals surface area contributed by atoms with Crippen molar-refractivity contribution in [1.82, 2.24) is 0 Å². The fraction of sp³-hybridized carbons (Fsp3) is 0.188. The van der Waals surface area contributed by atoms with E-state index in [0.717, 1.165) is 16.1 Å². The van der Waals surface area contributed by atoms with E-state index in [2.05, 4.69) is 5.32 Å². The molecule has 0 aliphatic heterocycles. The molecule has 0 saturated heterocycles. The maximum atomic E-state index is 12.2. The van der Waals surface area contributed by atoms with Crippen LogP contribution >= 0.6 is 35.0 Å². The number of aryl methyl sites for hydroxylation is 1. The lowest BCUT2D eigenvalue weighted by atomic mass is 10.2. The Labute approximate surface area is 138 Å². The van der Waals surface area contributed by atoms with Gasteiger partial charge in [-0.25, -0.2) is 0 Å². The van der Waals surface area contributed by atoms with Crippen molar-refractivity contribution in [3.63, 3.8) is 0 Å². The fourth-order valence-corrected chi connectivity index (χ4v) is 3.19. The van der Waals surface area contributed by atoms with Crippen LogP contribution in [0.15, 0.2) is 47.4 Å². The first kappa shape index (κ1) is 16.2. The van der Waals surface area contributed by atoms with Crippen LogP contribution in [0.5, 0.6) is 0 Å². The molecule has 0 aliphatic carbocycles. The second-order valence-electron chi connectivity index (χ2n) is 4.69. The van der Waals surface area contributed by atoms with Crippen molar-refractivity contribution in [3.05, 3.63) is 58.1 Å². The fourth-order valence-electron chi connectivity index (χ4n) is 1.78. The minimum absolute atomic E-state index is 0.0679. The van der Waals surface area contributed by atoms with E-state index in [4.69, 9.17) is 23.2 Å². The minimum Gasteiger partial charge on any atom is -0.325 e. The molecule has 0 fully saturated rings. The molecule has 1 atom stereocenters. The van der Waals surface area contributed by atoms with Crippen LogP contribution in [0.1, 0.15) is 12.5 Å². The molecule has 1 amide bonds. The van der Waals surface area contributed by atoms with Crippen LogP contribution in [-0.4, -0.2) is 11.2 Å². The molecule has 2 nitrogen and oxygen atoms in total. The number of carbonyl (C=O) groups excluding carboxylic acids is 1. The predicted molar refractivity (Wildman–Crippen MR) is 91.6 cm³/mol. The standard InChI is InChI=1S/C16H15Cl2NOS/c1-10-4-3-5-13(8-10)19-16(20)11(2)21-15-9-12(17)6-7-14(15)18/h3-9,11H,1-2H3,(H,19,20)/t11-/m0/s1. The van der Waals surface area contributed by atoms with Gasteiger partial charge in [-0.2, -0.15) is 0 Å². The van der Waals surface area contributed by atoms with E-state index in [1.807, 2.05) is 38.1 Å². The van der Waals surface area contributed by atoms with Gasteiger partial charge in [-0.1, -0.05) is 35.3 Å².